The molecule has 0 bridgehead atoms. The third-order valence-corrected chi connectivity index (χ3v) is 6.25. The van der Waals surface area contributed by atoms with Crippen molar-refractivity contribution in [3.63, 3.8) is 0 Å². The Bertz CT molecular complexity index is 939. The van der Waals surface area contributed by atoms with Crippen LogP contribution in [0.5, 0.6) is 0 Å². The second kappa shape index (κ2) is 8.09. The minimum Gasteiger partial charge on any atom is -0.357 e. The number of aromatic nitrogens is 3. The van der Waals surface area contributed by atoms with Gasteiger partial charge in [-0.25, -0.2) is 0 Å². The summed E-state index contributed by atoms with van der Waals surface area (Å²) < 4.78 is 0. The van der Waals surface area contributed by atoms with Crippen molar-refractivity contribution in [2.45, 2.75) is 67.7 Å². The minimum atomic E-state index is -0.113. The highest BCUT2D eigenvalue weighted by atomic mass is 16.2. The van der Waals surface area contributed by atoms with E-state index in [4.69, 9.17) is 0 Å². The predicted octanol–water partition coefficient (Wildman–Crippen LogP) is 5.38. The van der Waals surface area contributed by atoms with Gasteiger partial charge in [-0.1, -0.05) is 60.1 Å². The molecule has 0 saturated heterocycles. The monoisotopic (exact) mass is 410 g/mol. The fourth-order valence-electron chi connectivity index (χ4n) is 4.18. The van der Waals surface area contributed by atoms with Crippen LogP contribution < -0.4 is 0 Å². The Morgan fingerprint density at radius 1 is 1.27 bits per heavy atom. The molecule has 1 unspecified atom stereocenters. The van der Waals surface area contributed by atoms with Gasteiger partial charge >= 0.3 is 0 Å². The van der Waals surface area contributed by atoms with E-state index in [2.05, 4.69) is 75.8 Å². The molecule has 0 fully saturated rings. The normalized spacial score (nSPS) is 16.6. The lowest BCUT2D eigenvalue weighted by Crippen LogP contribution is -2.39. The quantitative estimate of drug-likeness (QED) is 0.671. The van der Waals surface area contributed by atoms with Crippen molar-refractivity contribution < 1.29 is 4.79 Å². The summed E-state index contributed by atoms with van der Waals surface area (Å²) in [6.07, 6.45) is 6.95. The van der Waals surface area contributed by atoms with Gasteiger partial charge in [0.1, 0.15) is 5.69 Å². The number of carbonyl (C=O) groups excluding carboxylic acids is 1. The van der Waals surface area contributed by atoms with Gasteiger partial charge in [-0.15, -0.1) is 0 Å². The molecule has 5 heteroatoms. The summed E-state index contributed by atoms with van der Waals surface area (Å²) in [4.78, 5) is 18.3. The van der Waals surface area contributed by atoms with Gasteiger partial charge in [0.15, 0.2) is 0 Å². The maximum absolute atomic E-state index is 12.9. The highest BCUT2D eigenvalue weighted by Crippen LogP contribution is 2.33. The van der Waals surface area contributed by atoms with E-state index in [0.717, 1.165) is 42.0 Å². The summed E-state index contributed by atoms with van der Waals surface area (Å²) in [7, 11) is 1.91. The van der Waals surface area contributed by atoms with Gasteiger partial charge < -0.3 is 9.88 Å². The summed E-state index contributed by atoms with van der Waals surface area (Å²) in [5.74, 6) is 0.0700. The van der Waals surface area contributed by atoms with Crippen LogP contribution in [0.15, 0.2) is 12.1 Å². The third kappa shape index (κ3) is 4.88. The first-order valence-electron chi connectivity index (χ1n) is 11.1. The molecule has 2 aromatic heterocycles. The molecule has 1 aliphatic rings. The maximum atomic E-state index is 12.9. The Kier molecular flexibility index (Phi) is 6.03. The van der Waals surface area contributed by atoms with E-state index in [1.54, 1.807) is 0 Å². The number of amides is 1. The first kappa shape index (κ1) is 22.4. The lowest BCUT2D eigenvalue weighted by Gasteiger charge is -2.29. The number of hydrogen-bond donors (Lipinski definition) is 2. The number of rotatable bonds is 6. The topological polar surface area (TPSA) is 64.8 Å². The first-order valence-corrected chi connectivity index (χ1v) is 11.1. The highest BCUT2D eigenvalue weighted by Gasteiger charge is 2.28. The van der Waals surface area contributed by atoms with Crippen LogP contribution in [0.3, 0.4) is 0 Å². The van der Waals surface area contributed by atoms with Gasteiger partial charge in [-0.05, 0) is 41.4 Å². The van der Waals surface area contributed by atoms with Crippen molar-refractivity contribution in [3.05, 3.63) is 34.7 Å². The second-order valence-corrected chi connectivity index (χ2v) is 10.9. The van der Waals surface area contributed by atoms with Crippen molar-refractivity contribution in [1.29, 1.82) is 0 Å². The van der Waals surface area contributed by atoms with E-state index in [1.807, 2.05) is 18.0 Å². The van der Waals surface area contributed by atoms with Crippen LogP contribution in [0.2, 0.25) is 0 Å². The first-order chi connectivity index (χ1) is 13.9. The number of carbonyl (C=O) groups is 1. The summed E-state index contributed by atoms with van der Waals surface area (Å²) in [5, 5.41) is 7.87. The van der Waals surface area contributed by atoms with Crippen LogP contribution in [0.1, 0.15) is 70.5 Å². The standard InChI is InChI=1S/C25H38N4O/c1-9-25(6,7)14-21-16(2)22(28-27-21)20-12-17-10-11-18(13-19(17)26-20)23(30)29(8)15-24(3,4)5/h10-12,18,26H,9,13-15H2,1-8H3,(H,27,28). The zero-order valence-corrected chi connectivity index (χ0v) is 19.9. The van der Waals surface area contributed by atoms with Crippen molar-refractivity contribution in [2.75, 3.05) is 13.6 Å². The molecular formula is C25H38N4O. The molecular weight excluding hydrogens is 372 g/mol. The number of nitrogens with zero attached hydrogens (tertiary/aromatic N) is 2. The van der Waals surface area contributed by atoms with E-state index in [-0.39, 0.29) is 22.7 Å². The largest absolute Gasteiger partial charge is 0.357 e. The molecule has 30 heavy (non-hydrogen) atoms. The molecule has 1 atom stereocenters. The molecule has 3 rings (SSSR count). The van der Waals surface area contributed by atoms with Gasteiger partial charge in [-0.2, -0.15) is 5.10 Å². The lowest BCUT2D eigenvalue weighted by molar-refractivity contribution is -0.133. The van der Waals surface area contributed by atoms with Gasteiger partial charge in [0.05, 0.1) is 11.6 Å². The molecule has 164 valence electrons. The molecule has 2 heterocycles. The Labute approximate surface area is 181 Å². The third-order valence-electron chi connectivity index (χ3n) is 6.25. The molecule has 1 amide bonds. The molecule has 0 saturated carbocycles. The SMILES string of the molecule is CCC(C)(C)Cc1[nH]nc(-c2cc3c([nH]2)CC(C(=O)N(C)CC(C)(C)C)C=C3)c1C. The van der Waals surface area contributed by atoms with E-state index < -0.39 is 0 Å². The minimum absolute atomic E-state index is 0.0923. The number of nitrogens with one attached hydrogen (secondary N) is 2. The average molecular weight is 411 g/mol. The van der Waals surface area contributed by atoms with Crippen LogP contribution in [-0.2, 0) is 17.6 Å². The highest BCUT2D eigenvalue weighted by molar-refractivity contribution is 5.83. The smallest absolute Gasteiger partial charge is 0.229 e. The summed E-state index contributed by atoms with van der Waals surface area (Å²) in [5.41, 5.74) is 7.03. The fraction of sp³-hybridized carbons (Fsp3) is 0.600. The molecule has 5 nitrogen and oxygen atoms in total. The number of fused-ring (bicyclic) bond motifs is 1. The molecule has 2 N–H and O–H groups in total. The Balaban J connectivity index is 1.77. The van der Waals surface area contributed by atoms with Crippen LogP contribution in [0, 0.1) is 23.7 Å². The van der Waals surface area contributed by atoms with Crippen molar-refractivity contribution in [2.24, 2.45) is 16.7 Å². The zero-order valence-electron chi connectivity index (χ0n) is 19.9. The molecule has 0 radical (unpaired) electrons. The molecule has 1 aliphatic carbocycles. The Morgan fingerprint density at radius 3 is 2.60 bits per heavy atom. The van der Waals surface area contributed by atoms with Crippen molar-refractivity contribution >= 4 is 12.0 Å². The molecule has 0 aliphatic heterocycles. The predicted molar refractivity (Wildman–Crippen MR) is 124 cm³/mol. The molecule has 0 spiro atoms. The number of H-pyrrole nitrogens is 2. The summed E-state index contributed by atoms with van der Waals surface area (Å²) >= 11 is 0. The van der Waals surface area contributed by atoms with Gasteiger partial charge in [0.25, 0.3) is 0 Å². The Morgan fingerprint density at radius 2 is 1.97 bits per heavy atom. The second-order valence-electron chi connectivity index (χ2n) is 10.9. The van der Waals surface area contributed by atoms with Gasteiger partial charge in [0, 0.05) is 31.4 Å². The van der Waals surface area contributed by atoms with Crippen molar-refractivity contribution in [1.82, 2.24) is 20.1 Å². The van der Waals surface area contributed by atoms with Gasteiger partial charge in [-0.3, -0.25) is 9.89 Å². The van der Waals surface area contributed by atoms with Crippen LogP contribution >= 0.6 is 0 Å². The molecule has 2 aromatic rings. The lowest BCUT2D eigenvalue weighted by atomic mass is 9.84. The van der Waals surface area contributed by atoms with E-state index >= 15 is 0 Å². The summed E-state index contributed by atoms with van der Waals surface area (Å²) in [6.45, 7) is 16.2. The van der Waals surface area contributed by atoms with E-state index in [9.17, 15) is 4.79 Å². The Hall–Kier alpha value is -2.30. The van der Waals surface area contributed by atoms with E-state index in [0.29, 0.717) is 6.42 Å². The maximum Gasteiger partial charge on any atom is 0.229 e. The number of hydrogen-bond acceptors (Lipinski definition) is 2. The fourth-order valence-corrected chi connectivity index (χ4v) is 4.18. The van der Waals surface area contributed by atoms with Gasteiger partial charge in [0.2, 0.25) is 5.91 Å². The zero-order chi connectivity index (χ0) is 22.3. The van der Waals surface area contributed by atoms with Crippen LogP contribution in [0.25, 0.3) is 17.5 Å². The van der Waals surface area contributed by atoms with Crippen LogP contribution in [0.4, 0.5) is 0 Å². The van der Waals surface area contributed by atoms with Crippen molar-refractivity contribution in [3.8, 4) is 11.4 Å². The average Bonchev–Trinajstić information content (AvgIpc) is 3.22. The number of aromatic amines is 2. The molecule has 0 aromatic carbocycles. The van der Waals surface area contributed by atoms with E-state index in [1.165, 1.54) is 11.3 Å². The summed E-state index contributed by atoms with van der Waals surface area (Å²) in [6, 6.07) is 2.16. The van der Waals surface area contributed by atoms with Crippen LogP contribution in [-0.4, -0.2) is 39.6 Å².